The fraction of sp³-hybridized carbons (Fsp3) is 0.167. The predicted octanol–water partition coefficient (Wildman–Crippen LogP) is -0.0728. The van der Waals surface area contributed by atoms with E-state index in [0.29, 0.717) is 0 Å². The van der Waals surface area contributed by atoms with Gasteiger partial charge in [0.25, 0.3) is 0 Å². The van der Waals surface area contributed by atoms with Gasteiger partial charge in [-0.05, 0) is 0 Å². The maximum atomic E-state index is 3.88. The third kappa shape index (κ3) is 1.00. The quantitative estimate of drug-likeness (QED) is 0.375. The van der Waals surface area contributed by atoms with E-state index in [9.17, 15) is 0 Å². The average Bonchev–Trinajstić information content (AvgIpc) is 1.77. The van der Waals surface area contributed by atoms with Crippen LogP contribution in [0, 0.1) is 0 Å². The summed E-state index contributed by atoms with van der Waals surface area (Å²) in [5.74, 6) is 2.12. The van der Waals surface area contributed by atoms with Crippen LogP contribution in [0.3, 0.4) is 0 Å². The van der Waals surface area contributed by atoms with Crippen molar-refractivity contribution < 1.29 is 0 Å². The molecule has 1 aliphatic rings. The standard InChI is InChI=1S/C6H8B2/c1-5-3-2-4-8-6(5)7/h2-4,7-8H,1H3. The van der Waals surface area contributed by atoms with E-state index in [-0.39, 0.29) is 0 Å². The molecule has 0 fully saturated rings. The van der Waals surface area contributed by atoms with Gasteiger partial charge < -0.3 is 0 Å². The number of hydrogen-bond donors (Lipinski definition) is 0. The van der Waals surface area contributed by atoms with Gasteiger partial charge in [0.2, 0.25) is 0 Å². The Morgan fingerprint density at radius 1 is 1.62 bits per heavy atom. The molecule has 1 heterocycles. The predicted molar refractivity (Wildman–Crippen MR) is 42.2 cm³/mol. The first-order chi connectivity index (χ1) is 3.80. The van der Waals surface area contributed by atoms with Crippen molar-refractivity contribution >= 4 is 20.1 Å². The molecule has 1 aliphatic heterocycles. The minimum absolute atomic E-state index is 1.03. The zero-order valence-electron chi connectivity index (χ0n) is 5.15. The van der Waals surface area contributed by atoms with Crippen molar-refractivity contribution in [3.05, 3.63) is 23.7 Å². The van der Waals surface area contributed by atoms with Crippen LogP contribution in [0.25, 0.3) is 0 Å². The Morgan fingerprint density at radius 3 is 2.75 bits per heavy atom. The van der Waals surface area contributed by atoms with E-state index >= 15 is 0 Å². The Hall–Kier alpha value is -0.520. The zero-order valence-corrected chi connectivity index (χ0v) is 5.15. The van der Waals surface area contributed by atoms with Crippen LogP contribution in [-0.4, -0.2) is 20.1 Å². The fourth-order valence-corrected chi connectivity index (χ4v) is 0.702. The van der Waals surface area contributed by atoms with Crippen molar-refractivity contribution in [3.63, 3.8) is 0 Å². The van der Waals surface area contributed by atoms with E-state index in [1.54, 1.807) is 0 Å². The summed E-state index contributed by atoms with van der Waals surface area (Å²) in [5, 5.41) is 1.24. The molecule has 0 bridgehead atoms. The van der Waals surface area contributed by atoms with Gasteiger partial charge >= 0.3 is 50.8 Å². The molecule has 0 aromatic heterocycles. The first kappa shape index (κ1) is 5.61. The average molecular weight is 102 g/mol. The molecule has 0 aliphatic carbocycles. The summed E-state index contributed by atoms with van der Waals surface area (Å²) in [6, 6.07) is 0. The summed E-state index contributed by atoms with van der Waals surface area (Å²) in [4.78, 5) is 0. The molecular formula is C6H8B2. The summed E-state index contributed by atoms with van der Waals surface area (Å²) in [6.07, 6.45) is 4.16. The molecule has 1 rings (SSSR count). The minimum atomic E-state index is 1.03. The molecule has 2 heteroatoms. The van der Waals surface area contributed by atoms with Crippen LogP contribution < -0.4 is 0 Å². The molecule has 0 unspecified atom stereocenters. The molecule has 8 heavy (non-hydrogen) atoms. The van der Waals surface area contributed by atoms with E-state index in [4.69, 9.17) is 0 Å². The number of rotatable bonds is 0. The van der Waals surface area contributed by atoms with Crippen LogP contribution in [0.4, 0.5) is 0 Å². The van der Waals surface area contributed by atoms with E-state index in [2.05, 4.69) is 32.5 Å². The Kier molecular flexibility index (Phi) is 1.52. The third-order valence-electron chi connectivity index (χ3n) is 1.40. The second kappa shape index (κ2) is 2.17. The maximum absolute atomic E-state index is 3.88. The molecule has 0 nitrogen and oxygen atoms in total. The Bertz CT molecular complexity index is 165. The van der Waals surface area contributed by atoms with Crippen LogP contribution in [0.2, 0.25) is 0 Å². The molecule has 0 saturated heterocycles. The monoisotopic (exact) mass is 102 g/mol. The van der Waals surface area contributed by atoms with Gasteiger partial charge in [-0.25, -0.2) is 0 Å². The van der Waals surface area contributed by atoms with Gasteiger partial charge in [0.15, 0.2) is 0 Å². The van der Waals surface area contributed by atoms with E-state index < -0.39 is 0 Å². The number of allylic oxidation sites excluding steroid dienone is 3. The summed E-state index contributed by atoms with van der Waals surface area (Å²) in [6.45, 7) is 2.09. The van der Waals surface area contributed by atoms with Crippen LogP contribution in [0.15, 0.2) is 23.7 Å². The van der Waals surface area contributed by atoms with Crippen molar-refractivity contribution in [3.8, 4) is 0 Å². The topological polar surface area (TPSA) is 0 Å². The summed E-state index contributed by atoms with van der Waals surface area (Å²) >= 11 is 0. The number of hydrogen-bond acceptors (Lipinski definition) is 0. The first-order valence-corrected chi connectivity index (χ1v) is 2.82. The molecule has 38 valence electrons. The van der Waals surface area contributed by atoms with Gasteiger partial charge in [-0.15, -0.1) is 0 Å². The van der Waals surface area contributed by atoms with Crippen LogP contribution in [-0.2, 0) is 0 Å². The van der Waals surface area contributed by atoms with Crippen molar-refractivity contribution in [1.29, 1.82) is 0 Å². The summed E-state index contributed by atoms with van der Waals surface area (Å²) in [7, 11) is 4.91. The van der Waals surface area contributed by atoms with Crippen LogP contribution in [0.5, 0.6) is 0 Å². The van der Waals surface area contributed by atoms with Gasteiger partial charge in [-0.1, -0.05) is 0 Å². The van der Waals surface area contributed by atoms with Gasteiger partial charge in [-0.3, -0.25) is 0 Å². The van der Waals surface area contributed by atoms with Gasteiger partial charge in [0, 0.05) is 0 Å². The molecule has 0 aromatic rings. The van der Waals surface area contributed by atoms with Gasteiger partial charge in [-0.2, -0.15) is 0 Å². The molecule has 0 saturated carbocycles. The summed E-state index contributed by atoms with van der Waals surface area (Å²) < 4.78 is 0. The Morgan fingerprint density at radius 2 is 2.38 bits per heavy atom. The van der Waals surface area contributed by atoms with Crippen LogP contribution in [0.1, 0.15) is 6.92 Å². The molecule has 0 aromatic carbocycles. The summed E-state index contributed by atoms with van der Waals surface area (Å²) in [5.41, 5.74) is 1.31. The Labute approximate surface area is 51.6 Å². The van der Waals surface area contributed by atoms with E-state index in [1.807, 2.05) is 0 Å². The molecular weight excluding hydrogens is 93.7 g/mol. The molecule has 0 N–H and O–H groups in total. The van der Waals surface area contributed by atoms with Gasteiger partial charge in [0.1, 0.15) is 0 Å². The second-order valence-electron chi connectivity index (χ2n) is 2.09. The van der Waals surface area contributed by atoms with Crippen LogP contribution >= 0.6 is 0 Å². The normalized spacial score (nSPS) is 17.5. The van der Waals surface area contributed by atoms with Crippen molar-refractivity contribution in [2.24, 2.45) is 0 Å². The molecule has 0 spiro atoms. The van der Waals surface area contributed by atoms with E-state index in [1.165, 1.54) is 10.9 Å². The SMILES string of the molecule is B=C1BC=CC=C1C. The van der Waals surface area contributed by atoms with Crippen molar-refractivity contribution in [2.45, 2.75) is 6.92 Å². The first-order valence-electron chi connectivity index (χ1n) is 2.82. The zero-order chi connectivity index (χ0) is 5.98. The Balaban J connectivity index is 2.80. The molecule has 0 atom stereocenters. The molecule has 0 radical (unpaired) electrons. The second-order valence-corrected chi connectivity index (χ2v) is 2.09. The third-order valence-corrected chi connectivity index (χ3v) is 1.40. The van der Waals surface area contributed by atoms with Gasteiger partial charge in [0.05, 0.1) is 0 Å². The van der Waals surface area contributed by atoms with Crippen molar-refractivity contribution in [1.82, 2.24) is 0 Å². The van der Waals surface area contributed by atoms with E-state index in [0.717, 1.165) is 7.28 Å². The van der Waals surface area contributed by atoms with Crippen molar-refractivity contribution in [2.75, 3.05) is 0 Å². The molecule has 0 amide bonds. The fourth-order valence-electron chi connectivity index (χ4n) is 0.702.